The Kier molecular flexibility index (Phi) is 8.97. The molecule has 0 aliphatic rings. The molecule has 0 saturated heterocycles. The zero-order valence-corrected chi connectivity index (χ0v) is 9.30. The summed E-state index contributed by atoms with van der Waals surface area (Å²) in [6.45, 7) is 6.93. The van der Waals surface area contributed by atoms with E-state index in [1.54, 1.807) is 0 Å². The third-order valence-electron chi connectivity index (χ3n) is 1.65. The van der Waals surface area contributed by atoms with Crippen molar-refractivity contribution in [2.24, 2.45) is 0 Å². The highest BCUT2D eigenvalue weighted by molar-refractivity contribution is 5.34. The standard InChI is InChI=1S/C11H12O.C2H6O2/c1-3-7-10-8-5-6-9-11(10)12-4-2;3-1-2-4/h3-6,8-9H,1-2,7H2;3-4H,1-2H2. The topological polar surface area (TPSA) is 49.7 Å². The van der Waals surface area contributed by atoms with E-state index in [0.717, 1.165) is 17.7 Å². The normalized spacial score (nSPS) is 8.62. The lowest BCUT2D eigenvalue weighted by atomic mass is 10.1. The Morgan fingerprint density at radius 1 is 1.12 bits per heavy atom. The SMILES string of the molecule is C=CCc1ccccc1OC=C.OCCO. The highest BCUT2D eigenvalue weighted by Crippen LogP contribution is 2.18. The van der Waals surface area contributed by atoms with Gasteiger partial charge in [-0.3, -0.25) is 0 Å². The van der Waals surface area contributed by atoms with Gasteiger partial charge in [-0.05, 0) is 18.1 Å². The average molecular weight is 222 g/mol. The van der Waals surface area contributed by atoms with Crippen molar-refractivity contribution in [3.8, 4) is 5.75 Å². The molecule has 0 spiro atoms. The van der Waals surface area contributed by atoms with Crippen molar-refractivity contribution in [2.45, 2.75) is 6.42 Å². The van der Waals surface area contributed by atoms with Crippen molar-refractivity contribution in [2.75, 3.05) is 13.2 Å². The second kappa shape index (κ2) is 9.96. The summed E-state index contributed by atoms with van der Waals surface area (Å²) in [5.74, 6) is 0.854. The number of aliphatic hydroxyl groups is 2. The predicted molar refractivity (Wildman–Crippen MR) is 65.3 cm³/mol. The molecule has 1 rings (SSSR count). The first kappa shape index (κ1) is 14.4. The molecule has 0 aromatic heterocycles. The fourth-order valence-corrected chi connectivity index (χ4v) is 1.03. The number of para-hydroxylation sites is 1. The smallest absolute Gasteiger partial charge is 0.129 e. The van der Waals surface area contributed by atoms with E-state index in [0.29, 0.717) is 0 Å². The molecule has 0 saturated carbocycles. The number of benzene rings is 1. The Morgan fingerprint density at radius 2 is 1.75 bits per heavy atom. The first-order valence-electron chi connectivity index (χ1n) is 4.98. The Bertz CT molecular complexity index is 277. The van der Waals surface area contributed by atoms with Crippen LogP contribution in [0.3, 0.4) is 0 Å². The van der Waals surface area contributed by atoms with Crippen molar-refractivity contribution < 1.29 is 14.9 Å². The molecule has 0 aliphatic carbocycles. The van der Waals surface area contributed by atoms with E-state index in [9.17, 15) is 0 Å². The van der Waals surface area contributed by atoms with Crippen LogP contribution in [0.15, 0.2) is 49.8 Å². The van der Waals surface area contributed by atoms with Gasteiger partial charge in [0.1, 0.15) is 5.75 Å². The summed E-state index contributed by atoms with van der Waals surface area (Å²) in [4.78, 5) is 0. The molecular formula is C13H18O3. The van der Waals surface area contributed by atoms with Crippen LogP contribution in [0.1, 0.15) is 5.56 Å². The van der Waals surface area contributed by atoms with Crippen molar-refractivity contribution in [1.29, 1.82) is 0 Å². The van der Waals surface area contributed by atoms with Gasteiger partial charge in [-0.25, -0.2) is 0 Å². The molecular weight excluding hydrogens is 204 g/mol. The molecule has 0 radical (unpaired) electrons. The number of ether oxygens (including phenoxy) is 1. The van der Waals surface area contributed by atoms with Gasteiger partial charge < -0.3 is 14.9 Å². The number of hydrogen-bond acceptors (Lipinski definition) is 3. The summed E-state index contributed by atoms with van der Waals surface area (Å²) in [5, 5.41) is 15.2. The molecule has 0 amide bonds. The molecule has 0 unspecified atom stereocenters. The molecule has 2 N–H and O–H groups in total. The highest BCUT2D eigenvalue weighted by Gasteiger charge is 1.97. The van der Waals surface area contributed by atoms with Gasteiger partial charge in [0.25, 0.3) is 0 Å². The van der Waals surface area contributed by atoms with Crippen LogP contribution in [-0.4, -0.2) is 23.4 Å². The first-order valence-corrected chi connectivity index (χ1v) is 4.98. The van der Waals surface area contributed by atoms with Crippen molar-refractivity contribution in [3.63, 3.8) is 0 Å². The van der Waals surface area contributed by atoms with E-state index in [1.165, 1.54) is 6.26 Å². The Hall–Kier alpha value is -1.58. The molecule has 16 heavy (non-hydrogen) atoms. The fourth-order valence-electron chi connectivity index (χ4n) is 1.03. The molecule has 0 fully saturated rings. The second-order valence-corrected chi connectivity index (χ2v) is 2.83. The molecule has 3 heteroatoms. The van der Waals surface area contributed by atoms with Crippen LogP contribution in [0.5, 0.6) is 5.75 Å². The van der Waals surface area contributed by atoms with Crippen LogP contribution >= 0.6 is 0 Å². The van der Waals surface area contributed by atoms with Crippen LogP contribution in [0, 0.1) is 0 Å². The summed E-state index contributed by atoms with van der Waals surface area (Å²) in [7, 11) is 0. The van der Waals surface area contributed by atoms with Gasteiger partial charge in [0.2, 0.25) is 0 Å². The van der Waals surface area contributed by atoms with Gasteiger partial charge in [-0.1, -0.05) is 30.9 Å². The Labute approximate surface area is 96.3 Å². The van der Waals surface area contributed by atoms with Gasteiger partial charge in [-0.15, -0.1) is 6.58 Å². The maximum absolute atomic E-state index is 7.62. The van der Waals surface area contributed by atoms with Crippen LogP contribution in [0.4, 0.5) is 0 Å². The molecule has 0 aliphatic heterocycles. The van der Waals surface area contributed by atoms with Crippen LogP contribution in [-0.2, 0) is 6.42 Å². The molecule has 0 bridgehead atoms. The van der Waals surface area contributed by atoms with Crippen molar-refractivity contribution >= 4 is 0 Å². The van der Waals surface area contributed by atoms with Crippen LogP contribution in [0.2, 0.25) is 0 Å². The van der Waals surface area contributed by atoms with E-state index in [1.807, 2.05) is 30.3 Å². The highest BCUT2D eigenvalue weighted by atomic mass is 16.5. The van der Waals surface area contributed by atoms with Crippen molar-refractivity contribution in [1.82, 2.24) is 0 Å². The molecule has 3 nitrogen and oxygen atoms in total. The average Bonchev–Trinajstić information content (AvgIpc) is 2.33. The predicted octanol–water partition coefficient (Wildman–Crippen LogP) is 1.91. The van der Waals surface area contributed by atoms with Gasteiger partial charge in [-0.2, -0.15) is 0 Å². The number of hydrogen-bond donors (Lipinski definition) is 2. The van der Waals surface area contributed by atoms with Gasteiger partial charge in [0.15, 0.2) is 0 Å². The number of aliphatic hydroxyl groups excluding tert-OH is 2. The molecule has 0 atom stereocenters. The third kappa shape index (κ3) is 6.01. The van der Waals surface area contributed by atoms with Gasteiger partial charge in [0.05, 0.1) is 19.5 Å². The Morgan fingerprint density at radius 3 is 2.25 bits per heavy atom. The quantitative estimate of drug-likeness (QED) is 0.591. The monoisotopic (exact) mass is 222 g/mol. The van der Waals surface area contributed by atoms with E-state index >= 15 is 0 Å². The van der Waals surface area contributed by atoms with E-state index in [4.69, 9.17) is 14.9 Å². The fraction of sp³-hybridized carbons (Fsp3) is 0.231. The zero-order chi connectivity index (χ0) is 12.2. The summed E-state index contributed by atoms with van der Waals surface area (Å²) >= 11 is 0. The lowest BCUT2D eigenvalue weighted by Gasteiger charge is -2.04. The molecule has 1 aromatic carbocycles. The summed E-state index contributed by atoms with van der Waals surface area (Å²) in [6, 6.07) is 7.85. The van der Waals surface area contributed by atoms with Crippen LogP contribution < -0.4 is 4.74 Å². The minimum atomic E-state index is -0.125. The maximum Gasteiger partial charge on any atom is 0.129 e. The van der Waals surface area contributed by atoms with E-state index in [-0.39, 0.29) is 13.2 Å². The largest absolute Gasteiger partial charge is 0.465 e. The summed E-state index contributed by atoms with van der Waals surface area (Å²) < 4.78 is 5.21. The maximum atomic E-state index is 7.62. The lowest BCUT2D eigenvalue weighted by molar-refractivity contribution is 0.186. The third-order valence-corrected chi connectivity index (χ3v) is 1.65. The van der Waals surface area contributed by atoms with E-state index in [2.05, 4.69) is 13.2 Å². The van der Waals surface area contributed by atoms with Gasteiger partial charge >= 0.3 is 0 Å². The summed E-state index contributed by atoms with van der Waals surface area (Å²) in [6.07, 6.45) is 4.11. The minimum Gasteiger partial charge on any atom is -0.465 e. The lowest BCUT2D eigenvalue weighted by Crippen LogP contribution is -1.88. The number of allylic oxidation sites excluding steroid dienone is 1. The number of rotatable bonds is 5. The van der Waals surface area contributed by atoms with Crippen LogP contribution in [0.25, 0.3) is 0 Å². The second-order valence-electron chi connectivity index (χ2n) is 2.83. The summed E-state index contributed by atoms with van der Waals surface area (Å²) in [5.41, 5.74) is 1.13. The molecule has 0 heterocycles. The first-order chi connectivity index (χ1) is 7.79. The minimum absolute atomic E-state index is 0.125. The van der Waals surface area contributed by atoms with Crippen molar-refractivity contribution in [3.05, 3.63) is 55.3 Å². The molecule has 88 valence electrons. The molecule has 1 aromatic rings. The Balaban J connectivity index is 0.000000487. The van der Waals surface area contributed by atoms with Gasteiger partial charge in [0, 0.05) is 0 Å². The van der Waals surface area contributed by atoms with E-state index < -0.39 is 0 Å². The zero-order valence-electron chi connectivity index (χ0n) is 9.30.